The van der Waals surface area contributed by atoms with E-state index in [1.807, 2.05) is 18.5 Å². The highest BCUT2D eigenvalue weighted by Gasteiger charge is 2.25. The first-order valence-corrected chi connectivity index (χ1v) is 6.45. The molecular formula is C11H18ClN5O. The zero-order valence-corrected chi connectivity index (χ0v) is 11.4. The van der Waals surface area contributed by atoms with Gasteiger partial charge in [-0.05, 0) is 20.3 Å². The topological polar surface area (TPSA) is 67.4 Å². The molecule has 1 aromatic heterocycles. The first kappa shape index (κ1) is 13.2. The number of aromatic nitrogens is 2. The summed E-state index contributed by atoms with van der Waals surface area (Å²) in [4.78, 5) is 13.6. The quantitative estimate of drug-likeness (QED) is 0.667. The molecule has 0 bridgehead atoms. The van der Waals surface area contributed by atoms with Crippen LogP contribution in [0.15, 0.2) is 0 Å². The second-order valence-electron chi connectivity index (χ2n) is 4.41. The Balaban J connectivity index is 2.20. The fourth-order valence-electron chi connectivity index (χ4n) is 2.15. The van der Waals surface area contributed by atoms with E-state index in [0.717, 1.165) is 24.4 Å². The van der Waals surface area contributed by atoms with Crippen molar-refractivity contribution in [2.75, 3.05) is 13.1 Å². The summed E-state index contributed by atoms with van der Waals surface area (Å²) >= 11 is 6.23. The summed E-state index contributed by atoms with van der Waals surface area (Å²) in [5, 5.41) is 6.22. The van der Waals surface area contributed by atoms with Crippen LogP contribution in [0, 0.1) is 6.92 Å². The summed E-state index contributed by atoms with van der Waals surface area (Å²) in [5.41, 5.74) is 1.67. The Morgan fingerprint density at radius 1 is 1.44 bits per heavy atom. The van der Waals surface area contributed by atoms with Crippen molar-refractivity contribution in [1.82, 2.24) is 19.7 Å². The minimum Gasteiger partial charge on any atom is -0.318 e. The Morgan fingerprint density at radius 2 is 2.17 bits per heavy atom. The molecular weight excluding hydrogens is 254 g/mol. The van der Waals surface area contributed by atoms with Gasteiger partial charge in [0.05, 0.1) is 23.0 Å². The fourth-order valence-corrected chi connectivity index (χ4v) is 2.35. The van der Waals surface area contributed by atoms with E-state index in [4.69, 9.17) is 17.4 Å². The van der Waals surface area contributed by atoms with Crippen LogP contribution in [0.5, 0.6) is 0 Å². The van der Waals surface area contributed by atoms with Gasteiger partial charge in [0.25, 0.3) is 0 Å². The van der Waals surface area contributed by atoms with Crippen molar-refractivity contribution in [2.45, 2.75) is 33.4 Å². The van der Waals surface area contributed by atoms with Crippen LogP contribution in [0.2, 0.25) is 5.02 Å². The molecule has 1 saturated heterocycles. The smallest absolute Gasteiger partial charge is 0.318 e. The maximum Gasteiger partial charge on any atom is 0.334 e. The van der Waals surface area contributed by atoms with E-state index in [2.05, 4.69) is 5.10 Å². The van der Waals surface area contributed by atoms with Crippen molar-refractivity contribution in [1.29, 1.82) is 0 Å². The number of urea groups is 1. The van der Waals surface area contributed by atoms with Gasteiger partial charge in [-0.1, -0.05) is 11.6 Å². The highest BCUT2D eigenvalue weighted by Crippen LogP contribution is 2.23. The van der Waals surface area contributed by atoms with Crippen LogP contribution < -0.4 is 5.84 Å². The van der Waals surface area contributed by atoms with Crippen molar-refractivity contribution in [3.63, 3.8) is 0 Å². The van der Waals surface area contributed by atoms with Crippen LogP contribution in [0.25, 0.3) is 0 Å². The second-order valence-corrected chi connectivity index (χ2v) is 4.79. The number of hydrogen-bond donors (Lipinski definition) is 1. The molecule has 1 aliphatic rings. The Labute approximate surface area is 111 Å². The molecule has 2 amide bonds. The van der Waals surface area contributed by atoms with Gasteiger partial charge in [-0.25, -0.2) is 10.6 Å². The van der Waals surface area contributed by atoms with E-state index < -0.39 is 0 Å². The van der Waals surface area contributed by atoms with Gasteiger partial charge in [-0.3, -0.25) is 9.69 Å². The van der Waals surface area contributed by atoms with Crippen molar-refractivity contribution in [3.05, 3.63) is 16.4 Å². The molecule has 1 fully saturated rings. The van der Waals surface area contributed by atoms with Gasteiger partial charge in [0.15, 0.2) is 0 Å². The van der Waals surface area contributed by atoms with Gasteiger partial charge in [0.1, 0.15) is 0 Å². The Bertz CT molecular complexity index is 459. The number of nitrogens with zero attached hydrogens (tertiary/aromatic N) is 4. The molecule has 6 nitrogen and oxygen atoms in total. The molecule has 7 heteroatoms. The molecule has 0 unspecified atom stereocenters. The summed E-state index contributed by atoms with van der Waals surface area (Å²) in [5.74, 6) is 5.62. The Morgan fingerprint density at radius 3 is 2.83 bits per heavy atom. The maximum atomic E-state index is 11.9. The Kier molecular flexibility index (Phi) is 3.77. The molecule has 18 heavy (non-hydrogen) atoms. The van der Waals surface area contributed by atoms with E-state index in [9.17, 15) is 4.79 Å². The molecule has 100 valence electrons. The van der Waals surface area contributed by atoms with E-state index in [-0.39, 0.29) is 6.03 Å². The first-order valence-electron chi connectivity index (χ1n) is 6.07. The standard InChI is InChI=1S/C11H18ClN5O/c1-3-17-9(10(12)8(2)14-17)7-15-5-4-6-16(13)11(15)18/h3-7,13H2,1-2H3. The molecule has 0 spiro atoms. The number of nitrogens with two attached hydrogens (primary N) is 1. The van der Waals surface area contributed by atoms with Gasteiger partial charge in [0.2, 0.25) is 0 Å². The normalized spacial score (nSPS) is 16.6. The second kappa shape index (κ2) is 5.16. The number of aryl methyl sites for hydroxylation is 2. The number of halogens is 1. The predicted molar refractivity (Wildman–Crippen MR) is 69.0 cm³/mol. The summed E-state index contributed by atoms with van der Waals surface area (Å²) in [6, 6.07) is -0.154. The minimum absolute atomic E-state index is 0.154. The number of amides is 2. The van der Waals surface area contributed by atoms with E-state index in [0.29, 0.717) is 24.7 Å². The molecule has 0 aromatic carbocycles. The average molecular weight is 272 g/mol. The van der Waals surface area contributed by atoms with Crippen molar-refractivity contribution in [3.8, 4) is 0 Å². The molecule has 1 aromatic rings. The average Bonchev–Trinajstić information content (AvgIpc) is 2.62. The van der Waals surface area contributed by atoms with Gasteiger partial charge in [-0.15, -0.1) is 0 Å². The van der Waals surface area contributed by atoms with Crippen LogP contribution in [0.3, 0.4) is 0 Å². The van der Waals surface area contributed by atoms with E-state index >= 15 is 0 Å². The largest absolute Gasteiger partial charge is 0.334 e. The number of carbonyl (C=O) groups excluding carboxylic acids is 1. The van der Waals surface area contributed by atoms with Crippen molar-refractivity contribution >= 4 is 17.6 Å². The lowest BCUT2D eigenvalue weighted by molar-refractivity contribution is 0.126. The summed E-state index contributed by atoms with van der Waals surface area (Å²) < 4.78 is 1.83. The third kappa shape index (κ3) is 2.30. The predicted octanol–water partition coefficient (Wildman–Crippen LogP) is 1.37. The molecule has 0 aliphatic carbocycles. The molecule has 0 radical (unpaired) electrons. The number of rotatable bonds is 3. The molecule has 2 rings (SSSR count). The summed E-state index contributed by atoms with van der Waals surface area (Å²) in [6.45, 7) is 6.37. The van der Waals surface area contributed by atoms with Gasteiger partial charge >= 0.3 is 6.03 Å². The molecule has 0 saturated carbocycles. The van der Waals surface area contributed by atoms with Crippen LogP contribution in [-0.2, 0) is 13.1 Å². The highest BCUT2D eigenvalue weighted by molar-refractivity contribution is 6.31. The summed E-state index contributed by atoms with van der Waals surface area (Å²) in [6.07, 6.45) is 0.874. The number of carbonyl (C=O) groups is 1. The SMILES string of the molecule is CCn1nc(C)c(Cl)c1CN1CCCN(N)C1=O. The minimum atomic E-state index is -0.154. The highest BCUT2D eigenvalue weighted by atomic mass is 35.5. The third-order valence-corrected chi connectivity index (χ3v) is 3.63. The van der Waals surface area contributed by atoms with Crippen LogP contribution in [0.1, 0.15) is 24.7 Å². The monoisotopic (exact) mass is 271 g/mol. The third-order valence-electron chi connectivity index (χ3n) is 3.14. The lowest BCUT2D eigenvalue weighted by Gasteiger charge is -2.32. The van der Waals surface area contributed by atoms with Crippen molar-refractivity contribution < 1.29 is 4.79 Å². The molecule has 2 heterocycles. The van der Waals surface area contributed by atoms with Crippen molar-refractivity contribution in [2.24, 2.45) is 5.84 Å². The van der Waals surface area contributed by atoms with Gasteiger partial charge in [-0.2, -0.15) is 5.10 Å². The van der Waals surface area contributed by atoms with E-state index in [1.165, 1.54) is 5.01 Å². The zero-order chi connectivity index (χ0) is 13.3. The zero-order valence-electron chi connectivity index (χ0n) is 10.7. The molecule has 2 N–H and O–H groups in total. The number of hydrazine groups is 1. The fraction of sp³-hybridized carbons (Fsp3) is 0.636. The van der Waals surface area contributed by atoms with Crippen LogP contribution in [-0.4, -0.2) is 38.8 Å². The number of hydrogen-bond acceptors (Lipinski definition) is 3. The Hall–Kier alpha value is -1.27. The lowest BCUT2D eigenvalue weighted by atomic mass is 10.2. The maximum absolute atomic E-state index is 11.9. The lowest BCUT2D eigenvalue weighted by Crippen LogP contribution is -2.52. The van der Waals surface area contributed by atoms with Gasteiger partial charge < -0.3 is 4.90 Å². The van der Waals surface area contributed by atoms with Gasteiger partial charge in [0, 0.05) is 19.6 Å². The van der Waals surface area contributed by atoms with Crippen LogP contribution in [0.4, 0.5) is 4.79 Å². The summed E-state index contributed by atoms with van der Waals surface area (Å²) in [7, 11) is 0. The first-order chi connectivity index (χ1) is 8.54. The molecule has 1 aliphatic heterocycles. The molecule has 0 atom stereocenters. The van der Waals surface area contributed by atoms with E-state index in [1.54, 1.807) is 4.90 Å². The van der Waals surface area contributed by atoms with Crippen LogP contribution >= 0.6 is 11.6 Å².